The van der Waals surface area contributed by atoms with E-state index in [2.05, 4.69) is 0 Å². The molecule has 0 saturated carbocycles. The second-order valence-corrected chi connectivity index (χ2v) is 3.19. The fourth-order valence-corrected chi connectivity index (χ4v) is 1.31. The lowest BCUT2D eigenvalue weighted by molar-refractivity contribution is 0.173. The highest BCUT2D eigenvalue weighted by Gasteiger charge is 2.13. The van der Waals surface area contributed by atoms with E-state index in [1.165, 1.54) is 6.08 Å². The SMILES string of the molecule is NC/C=C(/F)COc1ccc2c(c1)OCO2. The largest absolute Gasteiger partial charge is 0.486 e. The minimum absolute atomic E-state index is 0.128. The van der Waals surface area contributed by atoms with Crippen molar-refractivity contribution in [1.82, 2.24) is 0 Å². The summed E-state index contributed by atoms with van der Waals surface area (Å²) in [6, 6.07) is 5.09. The van der Waals surface area contributed by atoms with E-state index in [9.17, 15) is 4.39 Å². The topological polar surface area (TPSA) is 53.7 Å². The van der Waals surface area contributed by atoms with Gasteiger partial charge in [0.1, 0.15) is 18.2 Å². The molecule has 16 heavy (non-hydrogen) atoms. The predicted molar refractivity (Wildman–Crippen MR) is 56.3 cm³/mol. The van der Waals surface area contributed by atoms with Crippen LogP contribution in [0.2, 0.25) is 0 Å². The first-order valence-corrected chi connectivity index (χ1v) is 4.86. The summed E-state index contributed by atoms with van der Waals surface area (Å²) in [6.45, 7) is 0.243. The average Bonchev–Trinajstić information content (AvgIpc) is 2.74. The highest BCUT2D eigenvalue weighted by atomic mass is 19.1. The Morgan fingerprint density at radius 1 is 1.44 bits per heavy atom. The molecule has 0 fully saturated rings. The maximum atomic E-state index is 13.0. The third-order valence-electron chi connectivity index (χ3n) is 2.06. The predicted octanol–water partition coefficient (Wildman–Crippen LogP) is 1.61. The van der Waals surface area contributed by atoms with Gasteiger partial charge in [-0.05, 0) is 18.2 Å². The van der Waals surface area contributed by atoms with E-state index in [0.717, 1.165) is 0 Å². The number of fused-ring (bicyclic) bond motifs is 1. The summed E-state index contributed by atoms with van der Waals surface area (Å²) in [5.41, 5.74) is 5.16. The maximum absolute atomic E-state index is 13.0. The molecule has 1 aliphatic rings. The number of hydrogen-bond donors (Lipinski definition) is 1. The Bertz CT molecular complexity index is 406. The molecule has 0 saturated heterocycles. The molecule has 0 aliphatic carbocycles. The fourth-order valence-electron chi connectivity index (χ4n) is 1.31. The van der Waals surface area contributed by atoms with Gasteiger partial charge in [-0.2, -0.15) is 0 Å². The zero-order chi connectivity index (χ0) is 11.4. The lowest BCUT2D eigenvalue weighted by atomic mass is 10.3. The van der Waals surface area contributed by atoms with Crippen LogP contribution < -0.4 is 19.9 Å². The van der Waals surface area contributed by atoms with Crippen molar-refractivity contribution in [3.8, 4) is 17.2 Å². The van der Waals surface area contributed by atoms with E-state index in [1.807, 2.05) is 0 Å². The van der Waals surface area contributed by atoms with Gasteiger partial charge >= 0.3 is 0 Å². The van der Waals surface area contributed by atoms with Gasteiger partial charge in [0.05, 0.1) is 0 Å². The number of ether oxygens (including phenoxy) is 3. The molecule has 0 radical (unpaired) electrons. The first-order valence-electron chi connectivity index (χ1n) is 4.86. The number of halogens is 1. The summed E-state index contributed by atoms with van der Waals surface area (Å²) in [6.07, 6.45) is 1.27. The third-order valence-corrected chi connectivity index (χ3v) is 2.06. The molecule has 1 aliphatic heterocycles. The highest BCUT2D eigenvalue weighted by molar-refractivity contribution is 5.46. The molecule has 0 aromatic heterocycles. The third kappa shape index (κ3) is 2.43. The van der Waals surface area contributed by atoms with Gasteiger partial charge in [0, 0.05) is 12.6 Å². The Hall–Kier alpha value is -1.75. The average molecular weight is 225 g/mol. The van der Waals surface area contributed by atoms with Crippen molar-refractivity contribution in [2.24, 2.45) is 5.73 Å². The van der Waals surface area contributed by atoms with Gasteiger partial charge in [-0.15, -0.1) is 0 Å². The highest BCUT2D eigenvalue weighted by Crippen LogP contribution is 2.35. The van der Waals surface area contributed by atoms with Crippen molar-refractivity contribution in [2.75, 3.05) is 19.9 Å². The quantitative estimate of drug-likeness (QED) is 0.845. The number of hydrogen-bond acceptors (Lipinski definition) is 4. The number of rotatable bonds is 4. The zero-order valence-corrected chi connectivity index (χ0v) is 8.61. The van der Waals surface area contributed by atoms with Crippen LogP contribution in [0.1, 0.15) is 0 Å². The first-order chi connectivity index (χ1) is 7.79. The Morgan fingerprint density at radius 2 is 2.25 bits per heavy atom. The molecule has 0 amide bonds. The molecule has 1 aromatic rings. The lowest BCUT2D eigenvalue weighted by Gasteiger charge is -2.05. The van der Waals surface area contributed by atoms with Crippen LogP contribution in [0, 0.1) is 0 Å². The Balaban J connectivity index is 1.98. The van der Waals surface area contributed by atoms with Crippen molar-refractivity contribution in [3.63, 3.8) is 0 Å². The molecular formula is C11H12FNO3. The Labute approximate surface area is 92.4 Å². The standard InChI is InChI=1S/C11H12FNO3/c12-8(3-4-13)6-14-9-1-2-10-11(5-9)16-7-15-10/h1-3,5H,4,6-7,13H2/b8-3+. The fraction of sp³-hybridized carbons (Fsp3) is 0.273. The summed E-state index contributed by atoms with van der Waals surface area (Å²) in [4.78, 5) is 0. The first kappa shape index (κ1) is 10.8. The summed E-state index contributed by atoms with van der Waals surface area (Å²) < 4.78 is 28.5. The van der Waals surface area contributed by atoms with Crippen LogP contribution in [0.15, 0.2) is 30.1 Å². The molecule has 0 spiro atoms. The summed E-state index contributed by atoms with van der Waals surface area (Å²) in [5, 5.41) is 0. The van der Waals surface area contributed by atoms with Crippen LogP contribution in [0.3, 0.4) is 0 Å². The van der Waals surface area contributed by atoms with E-state index in [-0.39, 0.29) is 25.8 Å². The minimum atomic E-state index is -0.389. The maximum Gasteiger partial charge on any atom is 0.231 e. The normalized spacial score (nSPS) is 14.0. The van der Waals surface area contributed by atoms with Crippen LogP contribution in [0.25, 0.3) is 0 Å². The van der Waals surface area contributed by atoms with Crippen molar-refractivity contribution in [1.29, 1.82) is 0 Å². The van der Waals surface area contributed by atoms with Crippen LogP contribution >= 0.6 is 0 Å². The molecule has 0 bridgehead atoms. The second kappa shape index (κ2) is 4.85. The molecule has 1 heterocycles. The minimum Gasteiger partial charge on any atom is -0.486 e. The van der Waals surface area contributed by atoms with Gasteiger partial charge in [-0.3, -0.25) is 0 Å². The van der Waals surface area contributed by atoms with Gasteiger partial charge < -0.3 is 19.9 Å². The van der Waals surface area contributed by atoms with Crippen LogP contribution in [0.5, 0.6) is 17.2 Å². The molecule has 4 nitrogen and oxygen atoms in total. The van der Waals surface area contributed by atoms with Crippen molar-refractivity contribution in [2.45, 2.75) is 0 Å². The van der Waals surface area contributed by atoms with Crippen LogP contribution in [0.4, 0.5) is 4.39 Å². The molecular weight excluding hydrogens is 213 g/mol. The smallest absolute Gasteiger partial charge is 0.231 e. The van der Waals surface area contributed by atoms with E-state index in [1.54, 1.807) is 18.2 Å². The molecule has 2 N–H and O–H groups in total. The molecule has 1 aromatic carbocycles. The number of benzene rings is 1. The molecule has 5 heteroatoms. The summed E-state index contributed by atoms with van der Waals surface area (Å²) >= 11 is 0. The van der Waals surface area contributed by atoms with E-state index in [0.29, 0.717) is 17.2 Å². The van der Waals surface area contributed by atoms with Crippen molar-refractivity contribution in [3.05, 3.63) is 30.1 Å². The molecule has 86 valence electrons. The number of nitrogens with two attached hydrogens (primary N) is 1. The Kier molecular flexibility index (Phi) is 3.26. The van der Waals surface area contributed by atoms with Gasteiger partial charge in [-0.25, -0.2) is 4.39 Å². The molecule has 0 unspecified atom stereocenters. The monoisotopic (exact) mass is 225 g/mol. The molecule has 0 atom stereocenters. The second-order valence-electron chi connectivity index (χ2n) is 3.19. The van der Waals surface area contributed by atoms with Crippen molar-refractivity contribution < 1.29 is 18.6 Å². The van der Waals surface area contributed by atoms with Gasteiger partial charge in [0.15, 0.2) is 11.5 Å². The van der Waals surface area contributed by atoms with E-state index in [4.69, 9.17) is 19.9 Å². The molecule has 2 rings (SSSR count). The summed E-state index contributed by atoms with van der Waals surface area (Å²) in [7, 11) is 0. The Morgan fingerprint density at radius 3 is 3.06 bits per heavy atom. The van der Waals surface area contributed by atoms with E-state index >= 15 is 0 Å². The van der Waals surface area contributed by atoms with Gasteiger partial charge in [-0.1, -0.05) is 0 Å². The van der Waals surface area contributed by atoms with Gasteiger partial charge in [0.2, 0.25) is 6.79 Å². The summed E-state index contributed by atoms with van der Waals surface area (Å²) in [5.74, 6) is 1.43. The van der Waals surface area contributed by atoms with Crippen LogP contribution in [-0.4, -0.2) is 19.9 Å². The van der Waals surface area contributed by atoms with Gasteiger partial charge in [0.25, 0.3) is 0 Å². The lowest BCUT2D eigenvalue weighted by Crippen LogP contribution is -2.01. The van der Waals surface area contributed by atoms with E-state index < -0.39 is 0 Å². The van der Waals surface area contributed by atoms with Crippen LogP contribution in [-0.2, 0) is 0 Å². The zero-order valence-electron chi connectivity index (χ0n) is 8.61. The van der Waals surface area contributed by atoms with Crippen molar-refractivity contribution >= 4 is 0 Å².